The van der Waals surface area contributed by atoms with Crippen molar-refractivity contribution in [1.29, 1.82) is 5.26 Å². The topological polar surface area (TPSA) is 95.4 Å². The van der Waals surface area contributed by atoms with Crippen molar-refractivity contribution in [3.05, 3.63) is 64.7 Å². The van der Waals surface area contributed by atoms with Gasteiger partial charge in [0.15, 0.2) is 5.17 Å². The number of nitrogens with zero attached hydrogens (tertiary/aromatic N) is 4. The Labute approximate surface area is 211 Å². The number of alkyl halides is 1. The summed E-state index contributed by atoms with van der Waals surface area (Å²) in [5.74, 6) is -1.73. The van der Waals surface area contributed by atoms with Crippen molar-refractivity contribution < 1.29 is 18.0 Å². The number of amides is 1. The van der Waals surface area contributed by atoms with Crippen LogP contribution in [0.5, 0.6) is 0 Å². The third-order valence-electron chi connectivity index (χ3n) is 7.47. The minimum atomic E-state index is -1.15. The van der Waals surface area contributed by atoms with Crippen LogP contribution in [0.15, 0.2) is 41.5 Å². The fourth-order valence-corrected chi connectivity index (χ4v) is 6.76. The maximum Gasteiger partial charge on any atom is 0.240 e. The molecule has 1 saturated carbocycles. The number of carbonyl (C=O) groups is 1. The van der Waals surface area contributed by atoms with E-state index in [-0.39, 0.29) is 28.3 Å². The van der Waals surface area contributed by atoms with Crippen LogP contribution in [-0.2, 0) is 10.3 Å². The van der Waals surface area contributed by atoms with Crippen LogP contribution >= 0.6 is 11.8 Å². The average Bonchev–Trinajstić information content (AvgIpc) is 3.52. The number of fused-ring (bicyclic) bond motifs is 1. The van der Waals surface area contributed by atoms with Crippen LogP contribution in [0.25, 0.3) is 11.9 Å². The molecule has 186 valence electrons. The van der Waals surface area contributed by atoms with E-state index in [9.17, 15) is 13.6 Å². The number of hydrogen-bond donors (Lipinski definition) is 1. The Kier molecular flexibility index (Phi) is 5.86. The highest BCUT2D eigenvalue weighted by Gasteiger charge is 2.71. The SMILES string of the molecule is C[C@H]1[C@@H](F)CCN1C(=O)[C@]12C[C@H]1[C@@](C)(c1cc(C=C(F)c3ccc(C#N)cn3)ccc1F)N=C(N)S2. The number of carbonyl (C=O) groups excluding carboxylic acids is 1. The van der Waals surface area contributed by atoms with E-state index in [1.807, 2.05) is 6.07 Å². The molecule has 0 bridgehead atoms. The van der Waals surface area contributed by atoms with E-state index >= 15 is 4.39 Å². The second kappa shape index (κ2) is 8.66. The number of thioether (sulfide) groups is 1. The molecule has 5 rings (SSSR count). The molecule has 5 atom stereocenters. The zero-order chi connectivity index (χ0) is 25.8. The van der Waals surface area contributed by atoms with E-state index in [0.717, 1.165) is 0 Å². The largest absolute Gasteiger partial charge is 0.378 e. The Bertz CT molecular complexity index is 1340. The van der Waals surface area contributed by atoms with Gasteiger partial charge in [0.25, 0.3) is 0 Å². The van der Waals surface area contributed by atoms with Crippen molar-refractivity contribution in [2.75, 3.05) is 6.54 Å². The summed E-state index contributed by atoms with van der Waals surface area (Å²) in [6.07, 6.45) is 2.15. The van der Waals surface area contributed by atoms with Crippen molar-refractivity contribution in [3.8, 4) is 6.07 Å². The van der Waals surface area contributed by atoms with E-state index in [1.54, 1.807) is 18.7 Å². The number of likely N-dealkylation sites (tertiary alicyclic amines) is 1. The Hall–Kier alpha value is -3.32. The molecule has 6 nitrogen and oxygen atoms in total. The maximum atomic E-state index is 15.2. The fourth-order valence-electron chi connectivity index (χ4n) is 5.33. The minimum absolute atomic E-state index is 0.0418. The van der Waals surface area contributed by atoms with Crippen molar-refractivity contribution in [2.24, 2.45) is 16.6 Å². The number of aliphatic imine (C=N–C) groups is 1. The van der Waals surface area contributed by atoms with E-state index < -0.39 is 34.1 Å². The highest BCUT2D eigenvalue weighted by Crippen LogP contribution is 2.66. The molecular weight excluding hydrogens is 487 g/mol. The summed E-state index contributed by atoms with van der Waals surface area (Å²) in [6, 6.07) is 8.44. The summed E-state index contributed by atoms with van der Waals surface area (Å²) in [5.41, 5.74) is 5.95. The molecule has 1 aliphatic carbocycles. The molecule has 10 heteroatoms. The third kappa shape index (κ3) is 3.86. The summed E-state index contributed by atoms with van der Waals surface area (Å²) in [4.78, 5) is 23.6. The number of nitriles is 1. The lowest BCUT2D eigenvalue weighted by Gasteiger charge is -2.36. The fraction of sp³-hybridized carbons (Fsp3) is 0.385. The number of pyridine rings is 1. The summed E-state index contributed by atoms with van der Waals surface area (Å²) in [7, 11) is 0. The zero-order valence-corrected chi connectivity index (χ0v) is 20.5. The highest BCUT2D eigenvalue weighted by molar-refractivity contribution is 8.15. The second-order valence-electron chi connectivity index (χ2n) is 9.67. The molecule has 1 aromatic carbocycles. The van der Waals surface area contributed by atoms with Crippen molar-refractivity contribution >= 4 is 34.7 Å². The summed E-state index contributed by atoms with van der Waals surface area (Å²) < 4.78 is 43.3. The Morgan fingerprint density at radius 1 is 1.36 bits per heavy atom. The molecule has 36 heavy (non-hydrogen) atoms. The van der Waals surface area contributed by atoms with Gasteiger partial charge in [-0.1, -0.05) is 17.8 Å². The molecule has 0 radical (unpaired) electrons. The van der Waals surface area contributed by atoms with Crippen molar-refractivity contribution in [3.63, 3.8) is 0 Å². The Morgan fingerprint density at radius 3 is 2.78 bits per heavy atom. The summed E-state index contributed by atoms with van der Waals surface area (Å²) in [5, 5.41) is 9.06. The average molecular weight is 512 g/mol. The number of rotatable bonds is 4. The quantitative estimate of drug-likeness (QED) is 0.650. The molecule has 3 heterocycles. The Morgan fingerprint density at radius 2 is 2.14 bits per heavy atom. The van der Waals surface area contributed by atoms with Gasteiger partial charge < -0.3 is 10.6 Å². The number of nitrogens with two attached hydrogens (primary N) is 1. The number of hydrogen-bond acceptors (Lipinski definition) is 6. The molecule has 2 fully saturated rings. The molecular formula is C26H24F3N5OS. The standard InChI is InChI=1S/C26H24F3N5OS/c1-14-18(27)7-8-34(14)23(35)26-11-22(26)25(2,33-24(31)36-26)17-9-15(3-5-19(17)28)10-20(29)21-6-4-16(12-30)13-32-21/h3-6,9-10,13-14,18,22H,7-8,11H2,1-2H3,(H2,31,33)/t14-,18-,22-,25+,26-/m0/s1. The second-order valence-corrected chi connectivity index (χ2v) is 11.0. The predicted octanol–water partition coefficient (Wildman–Crippen LogP) is 4.55. The zero-order valence-electron chi connectivity index (χ0n) is 19.7. The molecule has 2 aromatic rings. The van der Waals surface area contributed by atoms with Gasteiger partial charge in [-0.2, -0.15) is 5.26 Å². The lowest BCUT2D eigenvalue weighted by atomic mass is 9.84. The first-order valence-corrected chi connectivity index (χ1v) is 12.4. The van der Waals surface area contributed by atoms with Crippen LogP contribution in [0, 0.1) is 23.1 Å². The summed E-state index contributed by atoms with van der Waals surface area (Å²) >= 11 is 1.17. The third-order valence-corrected chi connectivity index (χ3v) is 8.76. The number of amidine groups is 1. The van der Waals surface area contributed by atoms with Crippen LogP contribution < -0.4 is 5.73 Å². The highest BCUT2D eigenvalue weighted by atomic mass is 32.2. The maximum absolute atomic E-state index is 15.2. The van der Waals surface area contributed by atoms with E-state index in [4.69, 9.17) is 11.0 Å². The molecule has 1 aromatic heterocycles. The van der Waals surface area contributed by atoms with Crippen LogP contribution in [0.3, 0.4) is 0 Å². The van der Waals surface area contributed by atoms with Crippen molar-refractivity contribution in [1.82, 2.24) is 9.88 Å². The normalized spacial score (nSPS) is 31.4. The number of halogens is 3. The van der Waals surface area contributed by atoms with Gasteiger partial charge in [-0.05, 0) is 62.6 Å². The van der Waals surface area contributed by atoms with Crippen LogP contribution in [0.1, 0.15) is 49.1 Å². The van der Waals surface area contributed by atoms with Crippen LogP contribution in [0.4, 0.5) is 13.2 Å². The minimum Gasteiger partial charge on any atom is -0.378 e. The first-order chi connectivity index (χ1) is 17.1. The van der Waals surface area contributed by atoms with E-state index in [2.05, 4.69) is 9.98 Å². The van der Waals surface area contributed by atoms with Gasteiger partial charge in [0.1, 0.15) is 28.6 Å². The first-order valence-electron chi connectivity index (χ1n) is 11.6. The van der Waals surface area contributed by atoms with Gasteiger partial charge in [0.05, 0.1) is 22.8 Å². The molecule has 3 aliphatic rings. The lowest BCUT2D eigenvalue weighted by Crippen LogP contribution is -2.48. The van der Waals surface area contributed by atoms with Crippen LogP contribution in [0.2, 0.25) is 0 Å². The van der Waals surface area contributed by atoms with Gasteiger partial charge >= 0.3 is 0 Å². The van der Waals surface area contributed by atoms with Gasteiger partial charge in [0.2, 0.25) is 5.91 Å². The monoisotopic (exact) mass is 511 g/mol. The van der Waals surface area contributed by atoms with Crippen LogP contribution in [-0.4, -0.2) is 44.5 Å². The number of aromatic nitrogens is 1. The molecule has 1 amide bonds. The molecule has 0 unspecified atom stereocenters. The molecule has 2 N–H and O–H groups in total. The smallest absolute Gasteiger partial charge is 0.240 e. The van der Waals surface area contributed by atoms with E-state index in [0.29, 0.717) is 30.5 Å². The molecule has 0 spiro atoms. The summed E-state index contributed by atoms with van der Waals surface area (Å²) in [6.45, 7) is 3.76. The first kappa shape index (κ1) is 24.4. The molecule has 1 saturated heterocycles. The van der Waals surface area contributed by atoms with Gasteiger partial charge in [-0.15, -0.1) is 0 Å². The van der Waals surface area contributed by atoms with Gasteiger partial charge in [-0.3, -0.25) is 14.8 Å². The lowest BCUT2D eigenvalue weighted by molar-refractivity contribution is -0.132. The Balaban J connectivity index is 1.48. The van der Waals surface area contributed by atoms with Gasteiger partial charge in [0, 0.05) is 24.2 Å². The van der Waals surface area contributed by atoms with E-state index in [1.165, 1.54) is 54.4 Å². The predicted molar refractivity (Wildman–Crippen MR) is 132 cm³/mol. The van der Waals surface area contributed by atoms with Gasteiger partial charge in [-0.25, -0.2) is 13.2 Å². The number of benzene rings is 1. The molecule has 2 aliphatic heterocycles. The van der Waals surface area contributed by atoms with Crippen molar-refractivity contribution in [2.45, 2.75) is 49.2 Å².